The maximum atomic E-state index is 4.41. The van der Waals surface area contributed by atoms with Crippen molar-refractivity contribution in [2.75, 3.05) is 67.0 Å². The topological polar surface area (TPSA) is 34.1 Å². The fourth-order valence-electron chi connectivity index (χ4n) is 3.13. The van der Waals surface area contributed by atoms with E-state index in [4.69, 9.17) is 0 Å². The molecule has 5 nitrogen and oxygen atoms in total. The third-order valence-electron chi connectivity index (χ3n) is 4.72. The summed E-state index contributed by atoms with van der Waals surface area (Å²) in [5, 5.41) is 3.51. The third-order valence-corrected chi connectivity index (χ3v) is 4.72. The SMILES string of the molecule is C=CCCCCCN(C)C(=NC)NCCCN1CCCN(C)CC1.I. The number of unbranched alkanes of at least 4 members (excludes halogenated alkanes) is 3. The van der Waals surface area contributed by atoms with Crippen LogP contribution in [0.5, 0.6) is 0 Å². The average molecular weight is 465 g/mol. The van der Waals surface area contributed by atoms with E-state index in [1.54, 1.807) is 0 Å². The van der Waals surface area contributed by atoms with E-state index in [0.717, 1.165) is 25.5 Å². The smallest absolute Gasteiger partial charge is 0.193 e. The van der Waals surface area contributed by atoms with Crippen molar-refractivity contribution in [2.24, 2.45) is 4.99 Å². The van der Waals surface area contributed by atoms with Gasteiger partial charge in [-0.25, -0.2) is 0 Å². The molecular formula is C19H40IN5. The van der Waals surface area contributed by atoms with Crippen molar-refractivity contribution in [1.29, 1.82) is 0 Å². The van der Waals surface area contributed by atoms with Gasteiger partial charge in [-0.05, 0) is 58.8 Å². The summed E-state index contributed by atoms with van der Waals surface area (Å²) in [4.78, 5) is 11.7. The molecule has 0 saturated carbocycles. The fraction of sp³-hybridized carbons (Fsp3) is 0.842. The molecule has 1 heterocycles. The second-order valence-electron chi connectivity index (χ2n) is 6.89. The summed E-state index contributed by atoms with van der Waals surface area (Å²) < 4.78 is 0. The third kappa shape index (κ3) is 11.8. The van der Waals surface area contributed by atoms with E-state index < -0.39 is 0 Å². The molecule has 1 N–H and O–H groups in total. The van der Waals surface area contributed by atoms with Crippen molar-refractivity contribution in [3.8, 4) is 0 Å². The number of allylic oxidation sites excluding steroid dienone is 1. The van der Waals surface area contributed by atoms with Crippen LogP contribution in [-0.4, -0.2) is 87.6 Å². The van der Waals surface area contributed by atoms with Crippen LogP contribution in [0.25, 0.3) is 0 Å². The Balaban J connectivity index is 0.00000576. The summed E-state index contributed by atoms with van der Waals surface area (Å²) >= 11 is 0. The summed E-state index contributed by atoms with van der Waals surface area (Å²) in [6.07, 6.45) is 9.32. The molecule has 1 saturated heterocycles. The number of likely N-dealkylation sites (N-methyl/N-ethyl adjacent to an activating group) is 1. The molecule has 25 heavy (non-hydrogen) atoms. The minimum absolute atomic E-state index is 0. The molecule has 1 rings (SSSR count). The van der Waals surface area contributed by atoms with E-state index in [0.29, 0.717) is 0 Å². The van der Waals surface area contributed by atoms with Crippen LogP contribution in [0.3, 0.4) is 0 Å². The molecular weight excluding hydrogens is 425 g/mol. The highest BCUT2D eigenvalue weighted by molar-refractivity contribution is 14.0. The van der Waals surface area contributed by atoms with E-state index in [1.165, 1.54) is 64.8 Å². The van der Waals surface area contributed by atoms with E-state index in [2.05, 4.69) is 45.7 Å². The quantitative estimate of drug-likeness (QED) is 0.177. The highest BCUT2D eigenvalue weighted by Crippen LogP contribution is 2.03. The van der Waals surface area contributed by atoms with Crippen molar-refractivity contribution in [2.45, 2.75) is 38.5 Å². The number of nitrogens with zero attached hydrogens (tertiary/aromatic N) is 4. The molecule has 0 unspecified atom stereocenters. The van der Waals surface area contributed by atoms with Gasteiger partial charge in [-0.2, -0.15) is 0 Å². The van der Waals surface area contributed by atoms with Gasteiger partial charge >= 0.3 is 0 Å². The van der Waals surface area contributed by atoms with Crippen LogP contribution in [0.4, 0.5) is 0 Å². The second kappa shape index (κ2) is 15.9. The van der Waals surface area contributed by atoms with Crippen molar-refractivity contribution in [3.63, 3.8) is 0 Å². The van der Waals surface area contributed by atoms with Crippen molar-refractivity contribution < 1.29 is 0 Å². The van der Waals surface area contributed by atoms with Crippen molar-refractivity contribution in [1.82, 2.24) is 20.0 Å². The number of halogens is 1. The number of guanidine groups is 1. The zero-order valence-corrected chi connectivity index (χ0v) is 19.0. The predicted molar refractivity (Wildman–Crippen MR) is 121 cm³/mol. The van der Waals surface area contributed by atoms with Crippen LogP contribution in [0.2, 0.25) is 0 Å². The summed E-state index contributed by atoms with van der Waals surface area (Å²) in [7, 11) is 6.23. The molecule has 0 radical (unpaired) electrons. The Morgan fingerprint density at radius 1 is 1.16 bits per heavy atom. The number of hydrogen-bond acceptors (Lipinski definition) is 3. The zero-order chi connectivity index (χ0) is 17.6. The molecule has 0 aliphatic carbocycles. The zero-order valence-electron chi connectivity index (χ0n) is 16.7. The van der Waals surface area contributed by atoms with Crippen LogP contribution < -0.4 is 5.32 Å². The first-order valence-corrected chi connectivity index (χ1v) is 9.61. The van der Waals surface area contributed by atoms with Gasteiger partial charge in [-0.3, -0.25) is 4.99 Å². The van der Waals surface area contributed by atoms with E-state index in [-0.39, 0.29) is 24.0 Å². The minimum atomic E-state index is 0. The number of hydrogen-bond donors (Lipinski definition) is 1. The molecule has 1 aliphatic heterocycles. The molecule has 0 aromatic carbocycles. The van der Waals surface area contributed by atoms with Crippen LogP contribution in [0.15, 0.2) is 17.6 Å². The summed E-state index contributed by atoms with van der Waals surface area (Å²) in [5.74, 6) is 1.02. The Bertz CT molecular complexity index is 362. The first-order valence-electron chi connectivity index (χ1n) is 9.61. The van der Waals surface area contributed by atoms with Gasteiger partial charge in [-0.1, -0.05) is 12.5 Å². The van der Waals surface area contributed by atoms with E-state index in [9.17, 15) is 0 Å². The monoisotopic (exact) mass is 465 g/mol. The van der Waals surface area contributed by atoms with Crippen molar-refractivity contribution in [3.05, 3.63) is 12.7 Å². The van der Waals surface area contributed by atoms with Gasteiger partial charge in [0, 0.05) is 40.3 Å². The maximum absolute atomic E-state index is 4.41. The van der Waals surface area contributed by atoms with E-state index >= 15 is 0 Å². The predicted octanol–water partition coefficient (Wildman–Crippen LogP) is 2.89. The lowest BCUT2D eigenvalue weighted by Crippen LogP contribution is -2.40. The Morgan fingerprint density at radius 2 is 1.96 bits per heavy atom. The summed E-state index contributed by atoms with van der Waals surface area (Å²) in [6, 6.07) is 0. The van der Waals surface area contributed by atoms with Gasteiger partial charge in [-0.15, -0.1) is 30.6 Å². The Labute approximate surface area is 172 Å². The largest absolute Gasteiger partial charge is 0.356 e. The molecule has 148 valence electrons. The lowest BCUT2D eigenvalue weighted by Gasteiger charge is -2.23. The number of nitrogens with one attached hydrogen (secondary N) is 1. The molecule has 0 bridgehead atoms. The lowest BCUT2D eigenvalue weighted by molar-refractivity contribution is 0.273. The molecule has 0 aromatic heterocycles. The summed E-state index contributed by atoms with van der Waals surface area (Å²) in [6.45, 7) is 11.9. The molecule has 6 heteroatoms. The highest BCUT2D eigenvalue weighted by Gasteiger charge is 2.11. The molecule has 0 aromatic rings. The highest BCUT2D eigenvalue weighted by atomic mass is 127. The van der Waals surface area contributed by atoms with Gasteiger partial charge in [0.1, 0.15) is 0 Å². The molecule has 0 spiro atoms. The van der Waals surface area contributed by atoms with Gasteiger partial charge < -0.3 is 20.0 Å². The van der Waals surface area contributed by atoms with Crippen LogP contribution >= 0.6 is 24.0 Å². The summed E-state index contributed by atoms with van der Waals surface area (Å²) in [5.41, 5.74) is 0. The Morgan fingerprint density at radius 3 is 2.68 bits per heavy atom. The average Bonchev–Trinajstić information content (AvgIpc) is 2.79. The molecule has 0 amide bonds. The van der Waals surface area contributed by atoms with Crippen LogP contribution in [0.1, 0.15) is 38.5 Å². The second-order valence-corrected chi connectivity index (χ2v) is 6.89. The first kappa shape index (κ1) is 24.7. The first-order chi connectivity index (χ1) is 11.7. The molecule has 1 aliphatic rings. The normalized spacial score (nSPS) is 16.8. The van der Waals surface area contributed by atoms with Crippen LogP contribution in [0, 0.1) is 0 Å². The van der Waals surface area contributed by atoms with Gasteiger partial charge in [0.2, 0.25) is 0 Å². The fourth-order valence-corrected chi connectivity index (χ4v) is 3.13. The van der Waals surface area contributed by atoms with E-state index in [1.807, 2.05) is 13.1 Å². The number of rotatable bonds is 10. The molecule has 0 atom stereocenters. The Kier molecular flexibility index (Phi) is 15.7. The van der Waals surface area contributed by atoms with Crippen molar-refractivity contribution >= 4 is 29.9 Å². The van der Waals surface area contributed by atoms with Gasteiger partial charge in [0.15, 0.2) is 5.96 Å². The Hall–Kier alpha value is -0.340. The maximum Gasteiger partial charge on any atom is 0.193 e. The minimum Gasteiger partial charge on any atom is -0.356 e. The number of aliphatic imine (C=N–C) groups is 1. The molecule has 1 fully saturated rings. The van der Waals surface area contributed by atoms with Gasteiger partial charge in [0.25, 0.3) is 0 Å². The standard InChI is InChI=1S/C19H39N5.HI/c1-5-6-7-8-9-14-23(4)19(20-2)21-12-10-15-24-16-11-13-22(3)17-18-24;/h5H,1,6-18H2,2-4H3,(H,20,21);1H. The van der Waals surface area contributed by atoms with Crippen LogP contribution in [-0.2, 0) is 0 Å². The van der Waals surface area contributed by atoms with Gasteiger partial charge in [0.05, 0.1) is 0 Å². The lowest BCUT2D eigenvalue weighted by atomic mass is 10.2.